The van der Waals surface area contributed by atoms with Gasteiger partial charge in [-0.1, -0.05) is 84.9 Å². The third-order valence-electron chi connectivity index (χ3n) is 6.99. The third-order valence-corrected chi connectivity index (χ3v) is 6.99. The predicted molar refractivity (Wildman–Crippen MR) is 158 cm³/mol. The summed E-state index contributed by atoms with van der Waals surface area (Å²) in [6, 6.07) is 43.7. The fraction of sp³-hybridized carbons (Fsp3) is 0.0294. The van der Waals surface area contributed by atoms with Crippen molar-refractivity contribution in [2.45, 2.75) is 0 Å². The summed E-state index contributed by atoms with van der Waals surface area (Å²) in [5, 5.41) is 12.3. The van der Waals surface area contributed by atoms with Crippen molar-refractivity contribution in [1.29, 1.82) is 0 Å². The molecule has 0 atom stereocenters. The monoisotopic (exact) mass is 509 g/mol. The second-order valence-electron chi connectivity index (χ2n) is 9.43. The van der Waals surface area contributed by atoms with Gasteiger partial charge in [0.15, 0.2) is 5.78 Å². The fourth-order valence-electron chi connectivity index (χ4n) is 4.99. The van der Waals surface area contributed by atoms with Crippen LogP contribution >= 0.6 is 0 Å². The lowest BCUT2D eigenvalue weighted by Gasteiger charge is -2.28. The molecule has 0 fully saturated rings. The number of benzene rings is 5. The zero-order valence-corrected chi connectivity index (χ0v) is 21.2. The number of aliphatic hydroxyl groups excluding tert-OH is 1. The van der Waals surface area contributed by atoms with Crippen LogP contribution in [0, 0.1) is 0 Å². The maximum atomic E-state index is 13.3. The number of hydrazine groups is 1. The first-order valence-electron chi connectivity index (χ1n) is 12.8. The summed E-state index contributed by atoms with van der Waals surface area (Å²) in [4.78, 5) is 15.5. The lowest BCUT2D eigenvalue weighted by Crippen LogP contribution is -2.38. The number of hydrogen-bond donors (Lipinski definition) is 2. The van der Waals surface area contributed by atoms with E-state index in [0.29, 0.717) is 16.8 Å². The van der Waals surface area contributed by atoms with E-state index < -0.39 is 0 Å². The lowest BCUT2D eigenvalue weighted by atomic mass is 9.94. The zero-order valence-electron chi connectivity index (χ0n) is 21.2. The van der Waals surface area contributed by atoms with Gasteiger partial charge in [-0.2, -0.15) is 0 Å². The van der Waals surface area contributed by atoms with Crippen LogP contribution in [0.3, 0.4) is 0 Å². The number of fused-ring (bicyclic) bond motifs is 1. The van der Waals surface area contributed by atoms with E-state index in [1.54, 1.807) is 18.2 Å². The first-order chi connectivity index (χ1) is 19.1. The third kappa shape index (κ3) is 4.67. The number of para-hydroxylation sites is 3. The summed E-state index contributed by atoms with van der Waals surface area (Å²) in [6.07, 6.45) is 0. The van der Waals surface area contributed by atoms with E-state index in [2.05, 4.69) is 53.4 Å². The highest BCUT2D eigenvalue weighted by atomic mass is 16.3. The van der Waals surface area contributed by atoms with Crippen LogP contribution in [0.5, 0.6) is 0 Å². The minimum atomic E-state index is -0.235. The lowest BCUT2D eigenvalue weighted by molar-refractivity contribution is 0.103. The van der Waals surface area contributed by atoms with Gasteiger partial charge in [0.05, 0.1) is 17.8 Å². The molecule has 5 nitrogen and oxygen atoms in total. The molecular weight excluding hydrogens is 482 g/mol. The van der Waals surface area contributed by atoms with Crippen LogP contribution in [0.2, 0.25) is 0 Å². The first-order valence-corrected chi connectivity index (χ1v) is 12.8. The van der Waals surface area contributed by atoms with Gasteiger partial charge in [0, 0.05) is 28.2 Å². The second kappa shape index (κ2) is 10.3. The minimum absolute atomic E-state index is 0.0154. The Kier molecular flexibility index (Phi) is 6.41. The summed E-state index contributed by atoms with van der Waals surface area (Å²) in [7, 11) is 0. The van der Waals surface area contributed by atoms with Crippen LogP contribution in [0.25, 0.3) is 16.9 Å². The van der Waals surface area contributed by atoms with E-state index in [1.165, 1.54) is 5.01 Å². The number of Topliss-reactive ketones (excluding diaryl/α,β-unsaturated/α-hetero) is 1. The molecule has 1 aliphatic heterocycles. The molecule has 6 rings (SSSR count). The van der Waals surface area contributed by atoms with Gasteiger partial charge in [0.2, 0.25) is 0 Å². The van der Waals surface area contributed by atoms with Crippen molar-refractivity contribution in [1.82, 2.24) is 0 Å². The Labute approximate surface area is 227 Å². The van der Waals surface area contributed by atoms with Crippen LogP contribution in [0.15, 0.2) is 139 Å². The Morgan fingerprint density at radius 2 is 1.13 bits per heavy atom. The molecule has 0 aromatic heterocycles. The predicted octanol–water partition coefficient (Wildman–Crippen LogP) is 7.67. The van der Waals surface area contributed by atoms with Gasteiger partial charge in [-0.15, -0.1) is 0 Å². The molecule has 0 bridgehead atoms. The van der Waals surface area contributed by atoms with E-state index >= 15 is 0 Å². The quantitative estimate of drug-likeness (QED) is 0.182. The summed E-state index contributed by atoms with van der Waals surface area (Å²) in [5.74, 6) is 5.90. The molecule has 3 N–H and O–H groups in total. The number of hydrogen-bond acceptors (Lipinski definition) is 5. The Hall–Kier alpha value is -5.13. The largest absolute Gasteiger partial charge is 0.507 e. The fourth-order valence-corrected chi connectivity index (χ4v) is 4.99. The highest BCUT2D eigenvalue weighted by Crippen LogP contribution is 2.36. The number of nitrogens with two attached hydrogens (primary N) is 1. The summed E-state index contributed by atoms with van der Waals surface area (Å²) >= 11 is 0. The Morgan fingerprint density at radius 1 is 0.641 bits per heavy atom. The van der Waals surface area contributed by atoms with Gasteiger partial charge in [0.25, 0.3) is 0 Å². The molecule has 0 saturated carbocycles. The maximum Gasteiger partial charge on any atom is 0.194 e. The van der Waals surface area contributed by atoms with E-state index in [1.807, 2.05) is 66.7 Å². The minimum Gasteiger partial charge on any atom is -0.507 e. The van der Waals surface area contributed by atoms with Gasteiger partial charge in [0.1, 0.15) is 5.76 Å². The van der Waals surface area contributed by atoms with Crippen LogP contribution in [-0.2, 0) is 0 Å². The number of rotatable bonds is 6. The molecular formula is C34H27N3O2. The van der Waals surface area contributed by atoms with Gasteiger partial charge in [-0.3, -0.25) is 4.79 Å². The summed E-state index contributed by atoms with van der Waals surface area (Å²) in [6.45, 7) is 0.143. The number of aliphatic hydroxyl groups is 1. The topological polar surface area (TPSA) is 69.8 Å². The molecule has 39 heavy (non-hydrogen) atoms. The number of nitrogens with zero attached hydrogens (tertiary/aromatic N) is 2. The van der Waals surface area contributed by atoms with Crippen LogP contribution in [0.1, 0.15) is 15.9 Å². The maximum absolute atomic E-state index is 13.3. The van der Waals surface area contributed by atoms with Gasteiger partial charge >= 0.3 is 0 Å². The molecule has 1 aliphatic rings. The number of anilines is 4. The Morgan fingerprint density at radius 3 is 1.72 bits per heavy atom. The van der Waals surface area contributed by atoms with E-state index in [-0.39, 0.29) is 23.7 Å². The van der Waals surface area contributed by atoms with Crippen molar-refractivity contribution in [3.63, 3.8) is 0 Å². The molecule has 0 saturated heterocycles. The van der Waals surface area contributed by atoms with Crippen LogP contribution < -0.4 is 15.8 Å². The normalized spacial score (nSPS) is 12.7. The van der Waals surface area contributed by atoms with E-state index in [9.17, 15) is 9.90 Å². The first kappa shape index (κ1) is 24.2. The van der Waals surface area contributed by atoms with Crippen molar-refractivity contribution in [3.05, 3.63) is 150 Å². The molecule has 0 spiro atoms. The van der Waals surface area contributed by atoms with Crippen LogP contribution in [0.4, 0.5) is 22.7 Å². The second-order valence-corrected chi connectivity index (χ2v) is 9.43. The molecule has 5 aromatic rings. The standard InChI is InChI=1S/C34H27N3O2/c35-36-23-31(34(39)30-13-7-8-14-32(30)36)33(38)26-17-15-24(16-18-26)25-19-21-29(22-20-25)37(27-9-3-1-4-10-27)28-11-5-2-6-12-28/h1-22,39H,23,35H2. The molecule has 0 unspecified atom stereocenters. The number of carbonyl (C=O) groups excluding carboxylic acids is 1. The smallest absolute Gasteiger partial charge is 0.194 e. The van der Waals surface area contributed by atoms with Gasteiger partial charge in [-0.05, 0) is 59.7 Å². The SMILES string of the molecule is NN1CC(C(=O)c2ccc(-c3ccc(N(c4ccccc4)c4ccccc4)cc3)cc2)=C(O)c2ccccc21. The van der Waals surface area contributed by atoms with Crippen molar-refractivity contribution < 1.29 is 9.90 Å². The number of carbonyl (C=O) groups is 1. The average molecular weight is 510 g/mol. The van der Waals surface area contributed by atoms with Crippen molar-refractivity contribution in [3.8, 4) is 11.1 Å². The molecule has 0 radical (unpaired) electrons. The van der Waals surface area contributed by atoms with E-state index in [0.717, 1.165) is 28.2 Å². The molecule has 5 aromatic carbocycles. The van der Waals surface area contributed by atoms with Crippen molar-refractivity contribution in [2.24, 2.45) is 5.84 Å². The molecule has 0 aliphatic carbocycles. The number of ketones is 1. The summed E-state index contributed by atoms with van der Waals surface area (Å²) in [5.41, 5.74) is 7.30. The van der Waals surface area contributed by atoms with Gasteiger partial charge in [-0.25, -0.2) is 5.84 Å². The zero-order chi connectivity index (χ0) is 26.8. The highest BCUT2D eigenvalue weighted by molar-refractivity contribution is 6.14. The van der Waals surface area contributed by atoms with Crippen molar-refractivity contribution in [2.75, 3.05) is 16.5 Å². The van der Waals surface area contributed by atoms with E-state index in [4.69, 9.17) is 5.84 Å². The molecule has 5 heteroatoms. The Bertz CT molecular complexity index is 1610. The summed E-state index contributed by atoms with van der Waals surface area (Å²) < 4.78 is 0. The average Bonchev–Trinajstić information content (AvgIpc) is 3.00. The molecule has 190 valence electrons. The molecule has 0 amide bonds. The van der Waals surface area contributed by atoms with Gasteiger partial charge < -0.3 is 15.0 Å². The van der Waals surface area contributed by atoms with Crippen LogP contribution in [-0.4, -0.2) is 17.4 Å². The molecule has 1 heterocycles. The Balaban J connectivity index is 1.26. The van der Waals surface area contributed by atoms with Crippen molar-refractivity contribution >= 4 is 34.3 Å². The highest BCUT2D eigenvalue weighted by Gasteiger charge is 2.27.